The average Bonchev–Trinajstić information content (AvgIpc) is 2.97. The lowest BCUT2D eigenvalue weighted by atomic mass is 9.83. The second-order valence-corrected chi connectivity index (χ2v) is 12.8. The molecule has 2 bridgehead atoms. The number of benzene rings is 3. The Balaban J connectivity index is 1.32. The van der Waals surface area contributed by atoms with Crippen molar-refractivity contribution in [1.29, 1.82) is 0 Å². The van der Waals surface area contributed by atoms with Crippen molar-refractivity contribution in [2.75, 3.05) is 22.7 Å². The van der Waals surface area contributed by atoms with Gasteiger partial charge in [-0.3, -0.25) is 14.3 Å². The summed E-state index contributed by atoms with van der Waals surface area (Å²) >= 11 is 6.08. The summed E-state index contributed by atoms with van der Waals surface area (Å²) in [5.74, 6) is -0.470. The fraction of sp³-hybridized carbons (Fsp3) is 0.226. The third-order valence-electron chi connectivity index (χ3n) is 7.80. The largest absolute Gasteiger partial charge is 0.369 e. The molecule has 3 heterocycles. The van der Waals surface area contributed by atoms with E-state index in [-0.39, 0.29) is 50.9 Å². The number of aromatic nitrogens is 1. The van der Waals surface area contributed by atoms with Gasteiger partial charge in [0.05, 0.1) is 16.3 Å². The topological polar surface area (TPSA) is 101 Å². The molecule has 0 saturated carbocycles. The van der Waals surface area contributed by atoms with Crippen molar-refractivity contribution in [3.63, 3.8) is 0 Å². The number of pyridine rings is 1. The Morgan fingerprint density at radius 3 is 2.52 bits per heavy atom. The summed E-state index contributed by atoms with van der Waals surface area (Å²) in [6.45, 7) is 1.98. The summed E-state index contributed by atoms with van der Waals surface area (Å²) in [6, 6.07) is 22.0. The number of halogens is 2. The van der Waals surface area contributed by atoms with E-state index in [9.17, 15) is 22.4 Å². The van der Waals surface area contributed by atoms with Crippen molar-refractivity contribution in [2.24, 2.45) is 5.92 Å². The summed E-state index contributed by atoms with van der Waals surface area (Å²) in [5.41, 5.74) is 2.84. The summed E-state index contributed by atoms with van der Waals surface area (Å²) in [7, 11) is -4.05. The molecule has 8 nitrogen and oxygen atoms in total. The summed E-state index contributed by atoms with van der Waals surface area (Å²) in [5, 5.41) is 3.09. The number of rotatable bonds is 7. The first-order chi connectivity index (χ1) is 20.2. The monoisotopic (exact) mass is 606 g/mol. The zero-order valence-corrected chi connectivity index (χ0v) is 24.0. The lowest BCUT2D eigenvalue weighted by Crippen LogP contribution is -2.47. The van der Waals surface area contributed by atoms with Gasteiger partial charge >= 0.3 is 0 Å². The van der Waals surface area contributed by atoms with Crippen LogP contribution in [0.2, 0.25) is 5.02 Å². The molecule has 216 valence electrons. The highest BCUT2D eigenvalue weighted by Crippen LogP contribution is 2.40. The van der Waals surface area contributed by atoms with E-state index in [0.717, 1.165) is 17.7 Å². The molecule has 2 N–H and O–H groups in total. The van der Waals surface area contributed by atoms with Crippen LogP contribution in [0.3, 0.4) is 0 Å². The quantitative estimate of drug-likeness (QED) is 0.309. The number of anilines is 2. The van der Waals surface area contributed by atoms with Crippen LogP contribution < -0.4 is 20.5 Å². The molecular formula is C31H28ClFN4O4S. The molecule has 3 aromatic carbocycles. The Kier molecular flexibility index (Phi) is 7.51. The van der Waals surface area contributed by atoms with Crippen LogP contribution in [-0.4, -0.2) is 32.0 Å². The Bertz CT molecular complexity index is 1830. The van der Waals surface area contributed by atoms with Crippen LogP contribution in [0.5, 0.6) is 0 Å². The van der Waals surface area contributed by atoms with E-state index in [2.05, 4.69) is 14.9 Å². The second-order valence-electron chi connectivity index (χ2n) is 10.7. The van der Waals surface area contributed by atoms with Gasteiger partial charge in [0.25, 0.3) is 21.5 Å². The molecule has 0 spiro atoms. The lowest BCUT2D eigenvalue weighted by Gasteiger charge is -2.44. The average molecular weight is 607 g/mol. The first-order valence-electron chi connectivity index (χ1n) is 13.6. The number of piperidine rings is 1. The molecule has 6 rings (SSSR count). The fourth-order valence-corrected chi connectivity index (χ4v) is 7.22. The first kappa shape index (κ1) is 28.0. The van der Waals surface area contributed by atoms with Gasteiger partial charge in [-0.05, 0) is 72.5 Å². The highest BCUT2D eigenvalue weighted by Gasteiger charge is 2.35. The molecule has 2 aliphatic heterocycles. The van der Waals surface area contributed by atoms with Gasteiger partial charge in [-0.2, -0.15) is 0 Å². The smallest absolute Gasteiger partial charge is 0.262 e. The van der Waals surface area contributed by atoms with Gasteiger partial charge in [0.1, 0.15) is 5.82 Å². The van der Waals surface area contributed by atoms with E-state index in [0.29, 0.717) is 25.3 Å². The molecule has 11 heteroatoms. The standard InChI is InChI=1S/C31H28ClFN4O4S/c32-24-3-1-4-26(15-24)42(40,41)35-27-14-22(31(39)34-16-20-7-10-25(33)11-8-20)9-12-29(27)36-17-21-13-23(19-36)28-5-2-6-30(38)37(28)18-21/h1-12,14-15,21,23,35H,13,16-19H2,(H,34,39)/t21-,23+/m1/s1. The van der Waals surface area contributed by atoms with Gasteiger partial charge in [-0.25, -0.2) is 12.8 Å². The van der Waals surface area contributed by atoms with Crippen molar-refractivity contribution in [3.8, 4) is 0 Å². The van der Waals surface area contributed by atoms with Crippen molar-refractivity contribution in [2.45, 2.75) is 30.3 Å². The number of carbonyl (C=O) groups is 1. The number of fused-ring (bicyclic) bond motifs is 4. The van der Waals surface area contributed by atoms with E-state index in [1.165, 1.54) is 30.3 Å². The van der Waals surface area contributed by atoms with E-state index in [4.69, 9.17) is 11.6 Å². The van der Waals surface area contributed by atoms with Crippen LogP contribution in [0, 0.1) is 11.7 Å². The zero-order chi connectivity index (χ0) is 29.4. The molecule has 4 aromatic rings. The minimum Gasteiger partial charge on any atom is -0.369 e. The van der Waals surface area contributed by atoms with E-state index < -0.39 is 15.9 Å². The Morgan fingerprint density at radius 2 is 1.74 bits per heavy atom. The molecule has 1 amide bonds. The van der Waals surface area contributed by atoms with Crippen LogP contribution >= 0.6 is 11.6 Å². The van der Waals surface area contributed by atoms with Crippen molar-refractivity contribution in [1.82, 2.24) is 9.88 Å². The molecule has 2 aliphatic rings. The zero-order valence-electron chi connectivity index (χ0n) is 22.5. The summed E-state index contributed by atoms with van der Waals surface area (Å²) in [4.78, 5) is 27.7. The van der Waals surface area contributed by atoms with Gasteiger partial charge in [0.2, 0.25) is 0 Å². The van der Waals surface area contributed by atoms with Crippen LogP contribution in [0.1, 0.15) is 34.0 Å². The Labute approximate surface area is 247 Å². The van der Waals surface area contributed by atoms with Gasteiger partial charge in [0, 0.05) is 54.4 Å². The Morgan fingerprint density at radius 1 is 0.952 bits per heavy atom. The maximum absolute atomic E-state index is 13.4. The highest BCUT2D eigenvalue weighted by atomic mass is 35.5. The number of nitrogens with one attached hydrogen (secondary N) is 2. The highest BCUT2D eigenvalue weighted by molar-refractivity contribution is 7.92. The normalized spacial score (nSPS) is 17.8. The number of nitrogens with zero attached hydrogens (tertiary/aromatic N) is 2. The molecule has 1 fully saturated rings. The molecule has 0 radical (unpaired) electrons. The molecule has 0 aliphatic carbocycles. The van der Waals surface area contributed by atoms with Crippen LogP contribution in [0.4, 0.5) is 15.8 Å². The van der Waals surface area contributed by atoms with E-state index in [1.807, 2.05) is 10.6 Å². The van der Waals surface area contributed by atoms with Gasteiger partial charge in [-0.15, -0.1) is 0 Å². The van der Waals surface area contributed by atoms with E-state index >= 15 is 0 Å². The van der Waals surface area contributed by atoms with Gasteiger partial charge in [-0.1, -0.05) is 35.9 Å². The van der Waals surface area contributed by atoms with Crippen LogP contribution in [-0.2, 0) is 23.1 Å². The minimum atomic E-state index is -4.05. The first-order valence-corrected chi connectivity index (χ1v) is 15.4. The molecular weight excluding hydrogens is 579 g/mol. The fourth-order valence-electron chi connectivity index (χ4n) is 5.85. The van der Waals surface area contributed by atoms with E-state index in [1.54, 1.807) is 48.5 Å². The third kappa shape index (κ3) is 5.77. The van der Waals surface area contributed by atoms with Gasteiger partial charge in [0.15, 0.2) is 0 Å². The maximum atomic E-state index is 13.4. The van der Waals surface area contributed by atoms with Crippen molar-refractivity contribution < 1.29 is 17.6 Å². The maximum Gasteiger partial charge on any atom is 0.262 e. The predicted octanol–water partition coefficient (Wildman–Crippen LogP) is 5.00. The summed E-state index contributed by atoms with van der Waals surface area (Å²) in [6.07, 6.45) is 0.938. The molecule has 42 heavy (non-hydrogen) atoms. The minimum absolute atomic E-state index is 0.00377. The van der Waals surface area contributed by atoms with Crippen molar-refractivity contribution in [3.05, 3.63) is 123 Å². The van der Waals surface area contributed by atoms with Crippen molar-refractivity contribution >= 4 is 38.9 Å². The second kappa shape index (κ2) is 11.3. The van der Waals surface area contributed by atoms with Crippen LogP contribution in [0.25, 0.3) is 0 Å². The summed E-state index contributed by atoms with van der Waals surface area (Å²) < 4.78 is 44.7. The molecule has 1 aromatic heterocycles. The number of carbonyl (C=O) groups excluding carboxylic acids is 1. The molecule has 1 saturated heterocycles. The number of sulfonamides is 1. The third-order valence-corrected chi connectivity index (χ3v) is 9.39. The van der Waals surface area contributed by atoms with Gasteiger partial charge < -0.3 is 14.8 Å². The molecule has 2 atom stereocenters. The number of hydrogen-bond donors (Lipinski definition) is 2. The SMILES string of the molecule is O=C(NCc1ccc(F)cc1)c1ccc(N2C[C@H]3C[C@@H](C2)c2cccc(=O)n2C3)c(NS(=O)(=O)c2cccc(Cl)c2)c1. The Hall–Kier alpha value is -4.15. The molecule has 0 unspecified atom stereocenters. The number of hydrogen-bond acceptors (Lipinski definition) is 5. The predicted molar refractivity (Wildman–Crippen MR) is 160 cm³/mol. The lowest BCUT2D eigenvalue weighted by molar-refractivity contribution is 0.0951. The number of amides is 1. The van der Waals surface area contributed by atoms with Crippen LogP contribution in [0.15, 0.2) is 94.6 Å².